The van der Waals surface area contributed by atoms with Gasteiger partial charge in [-0.1, -0.05) is 64.1 Å². The molecule has 0 amide bonds. The first-order valence-corrected chi connectivity index (χ1v) is 12.8. The molecule has 0 saturated carbocycles. The minimum Gasteiger partial charge on any atom is -0.315 e. The monoisotopic (exact) mass is 413 g/mol. The third-order valence-corrected chi connectivity index (χ3v) is 8.44. The average molecular weight is 414 g/mol. The molecule has 0 heterocycles. The summed E-state index contributed by atoms with van der Waals surface area (Å²) in [5, 5.41) is 4.49. The number of hydrogen-bond donors (Lipinski definition) is 1. The van der Waals surface area contributed by atoms with Crippen LogP contribution in [0.15, 0.2) is 30.4 Å². The second kappa shape index (κ2) is 11.4. The Morgan fingerprint density at radius 1 is 1.10 bits per heavy atom. The standard InChI is InChI=1S/C23H35NS.C4H8/c1-6-23(3,4)22(25-5)15-24-14-16(2)19-12-20-10-17-8-7-9-18(17)11-21(20)13-19;1-3-4-2/h7-8,10-11,16,19,22,24H,6,9,12-15H2,1-5H3;3-4H,1-2H3/b;4-3+. The molecule has 0 spiro atoms. The van der Waals surface area contributed by atoms with E-state index in [1.807, 2.05) is 37.8 Å². The highest BCUT2D eigenvalue weighted by atomic mass is 32.2. The summed E-state index contributed by atoms with van der Waals surface area (Å²) in [4.78, 5) is 0. The van der Waals surface area contributed by atoms with Crippen LogP contribution in [0, 0.1) is 17.3 Å². The molecule has 3 unspecified atom stereocenters. The van der Waals surface area contributed by atoms with Gasteiger partial charge < -0.3 is 5.32 Å². The summed E-state index contributed by atoms with van der Waals surface area (Å²) >= 11 is 2.02. The first kappa shape index (κ1) is 24.3. The minimum absolute atomic E-state index is 0.410. The maximum atomic E-state index is 3.79. The fraction of sp³-hybridized carbons (Fsp3) is 0.630. The summed E-state index contributed by atoms with van der Waals surface area (Å²) in [5.41, 5.74) is 6.64. The highest BCUT2D eigenvalue weighted by Gasteiger charge is 2.29. The van der Waals surface area contributed by atoms with Gasteiger partial charge in [-0.3, -0.25) is 0 Å². The Balaban J connectivity index is 0.000000687. The van der Waals surface area contributed by atoms with Crippen LogP contribution in [0.2, 0.25) is 0 Å². The van der Waals surface area contributed by atoms with Crippen LogP contribution in [0.3, 0.4) is 0 Å². The van der Waals surface area contributed by atoms with Gasteiger partial charge in [-0.2, -0.15) is 11.8 Å². The highest BCUT2D eigenvalue weighted by molar-refractivity contribution is 7.99. The summed E-state index contributed by atoms with van der Waals surface area (Å²) in [7, 11) is 0. The molecule has 2 aliphatic rings. The van der Waals surface area contributed by atoms with Crippen LogP contribution in [0.5, 0.6) is 0 Å². The molecule has 1 aromatic rings. The van der Waals surface area contributed by atoms with E-state index in [0.717, 1.165) is 31.3 Å². The number of nitrogens with one attached hydrogen (secondary N) is 1. The maximum absolute atomic E-state index is 3.79. The van der Waals surface area contributed by atoms with E-state index in [9.17, 15) is 0 Å². The normalized spacial score (nSPS) is 19.6. The number of benzene rings is 1. The van der Waals surface area contributed by atoms with Gasteiger partial charge in [0.2, 0.25) is 0 Å². The van der Waals surface area contributed by atoms with Crippen molar-refractivity contribution in [2.24, 2.45) is 17.3 Å². The highest BCUT2D eigenvalue weighted by Crippen LogP contribution is 2.35. The van der Waals surface area contributed by atoms with E-state index in [0.29, 0.717) is 10.7 Å². The number of hydrogen-bond acceptors (Lipinski definition) is 2. The average Bonchev–Trinajstić information content (AvgIpc) is 3.34. The van der Waals surface area contributed by atoms with Crippen LogP contribution in [-0.2, 0) is 19.3 Å². The van der Waals surface area contributed by atoms with E-state index in [-0.39, 0.29) is 0 Å². The van der Waals surface area contributed by atoms with Crippen molar-refractivity contribution in [3.63, 3.8) is 0 Å². The van der Waals surface area contributed by atoms with Crippen molar-refractivity contribution in [1.29, 1.82) is 0 Å². The van der Waals surface area contributed by atoms with Gasteiger partial charge in [-0.15, -0.1) is 0 Å². The van der Waals surface area contributed by atoms with Crippen LogP contribution >= 0.6 is 11.8 Å². The lowest BCUT2D eigenvalue weighted by Crippen LogP contribution is -2.38. The van der Waals surface area contributed by atoms with E-state index in [2.05, 4.69) is 63.6 Å². The predicted molar refractivity (Wildman–Crippen MR) is 134 cm³/mol. The molecule has 0 radical (unpaired) electrons. The molecule has 3 atom stereocenters. The van der Waals surface area contributed by atoms with Gasteiger partial charge in [0.1, 0.15) is 0 Å². The van der Waals surface area contributed by atoms with Gasteiger partial charge >= 0.3 is 0 Å². The van der Waals surface area contributed by atoms with Crippen LogP contribution in [0.25, 0.3) is 6.08 Å². The molecule has 2 heteroatoms. The first-order valence-electron chi connectivity index (χ1n) is 11.5. The van der Waals surface area contributed by atoms with E-state index in [4.69, 9.17) is 0 Å². The van der Waals surface area contributed by atoms with Crippen LogP contribution in [-0.4, -0.2) is 24.6 Å². The lowest BCUT2D eigenvalue weighted by molar-refractivity contribution is 0.309. The summed E-state index contributed by atoms with van der Waals surface area (Å²) in [5.74, 6) is 1.55. The summed E-state index contributed by atoms with van der Waals surface area (Å²) in [6.45, 7) is 15.8. The van der Waals surface area contributed by atoms with Crippen molar-refractivity contribution >= 4 is 17.8 Å². The molecule has 29 heavy (non-hydrogen) atoms. The fourth-order valence-electron chi connectivity index (χ4n) is 4.34. The summed E-state index contributed by atoms with van der Waals surface area (Å²) < 4.78 is 0. The van der Waals surface area contributed by atoms with E-state index >= 15 is 0 Å². The molecule has 1 aromatic carbocycles. The zero-order valence-corrected chi connectivity index (χ0v) is 20.7. The third kappa shape index (κ3) is 6.49. The van der Waals surface area contributed by atoms with Gasteiger partial charge in [-0.05, 0) is 91.8 Å². The zero-order chi connectivity index (χ0) is 21.4. The summed E-state index contributed by atoms with van der Waals surface area (Å²) in [6.07, 6.45) is 15.8. The molecule has 0 bridgehead atoms. The lowest BCUT2D eigenvalue weighted by Gasteiger charge is -2.33. The Kier molecular flexibility index (Phi) is 9.56. The first-order chi connectivity index (χ1) is 13.9. The van der Waals surface area contributed by atoms with Crippen molar-refractivity contribution in [3.05, 3.63) is 52.6 Å². The van der Waals surface area contributed by atoms with Crippen LogP contribution in [0.1, 0.15) is 70.2 Å². The number of rotatable bonds is 8. The smallest absolute Gasteiger partial charge is 0.0220 e. The van der Waals surface area contributed by atoms with Crippen LogP contribution in [0.4, 0.5) is 0 Å². The van der Waals surface area contributed by atoms with Crippen molar-refractivity contribution in [3.8, 4) is 0 Å². The van der Waals surface area contributed by atoms with Crippen molar-refractivity contribution in [2.45, 2.75) is 72.5 Å². The molecule has 0 aromatic heterocycles. The molecular weight excluding hydrogens is 370 g/mol. The van der Waals surface area contributed by atoms with E-state index in [1.54, 1.807) is 11.1 Å². The molecule has 162 valence electrons. The third-order valence-electron chi connectivity index (χ3n) is 7.06. The predicted octanol–water partition coefficient (Wildman–Crippen LogP) is 6.95. The SMILES string of the molecule is C/C=C/C.CCC(C)(C)C(CNCC(C)C1Cc2cc3c(cc2C1)CC=C3)SC. The quantitative estimate of drug-likeness (QED) is 0.463. The van der Waals surface area contributed by atoms with Gasteiger partial charge in [0, 0.05) is 11.8 Å². The van der Waals surface area contributed by atoms with Crippen molar-refractivity contribution in [2.75, 3.05) is 19.3 Å². The molecule has 0 fully saturated rings. The Bertz CT molecular complexity index is 697. The Hall–Kier alpha value is -0.990. The number of fused-ring (bicyclic) bond motifs is 2. The largest absolute Gasteiger partial charge is 0.315 e. The lowest BCUT2D eigenvalue weighted by atomic mass is 9.85. The molecule has 1 N–H and O–H groups in total. The van der Waals surface area contributed by atoms with Crippen molar-refractivity contribution in [1.82, 2.24) is 5.32 Å². The number of allylic oxidation sites excluding steroid dienone is 3. The van der Waals surface area contributed by atoms with Gasteiger partial charge in [0.15, 0.2) is 0 Å². The van der Waals surface area contributed by atoms with Crippen LogP contribution < -0.4 is 5.32 Å². The molecule has 0 aliphatic heterocycles. The second-order valence-corrected chi connectivity index (χ2v) is 10.5. The molecule has 2 aliphatic carbocycles. The Morgan fingerprint density at radius 2 is 1.76 bits per heavy atom. The van der Waals surface area contributed by atoms with E-state index in [1.165, 1.54) is 30.4 Å². The second-order valence-electron chi connectivity index (χ2n) is 9.46. The fourth-order valence-corrected chi connectivity index (χ4v) is 5.43. The topological polar surface area (TPSA) is 12.0 Å². The maximum Gasteiger partial charge on any atom is 0.0220 e. The van der Waals surface area contributed by atoms with Gasteiger partial charge in [-0.25, -0.2) is 0 Å². The van der Waals surface area contributed by atoms with Gasteiger partial charge in [0.05, 0.1) is 0 Å². The van der Waals surface area contributed by atoms with Gasteiger partial charge in [0.25, 0.3) is 0 Å². The number of thioether (sulfide) groups is 1. The summed E-state index contributed by atoms with van der Waals surface area (Å²) in [6, 6.07) is 4.94. The minimum atomic E-state index is 0.410. The van der Waals surface area contributed by atoms with Crippen molar-refractivity contribution < 1.29 is 0 Å². The van der Waals surface area contributed by atoms with E-state index < -0.39 is 0 Å². The molecule has 3 rings (SSSR count). The zero-order valence-electron chi connectivity index (χ0n) is 19.8. The Labute approximate surface area is 184 Å². The molecule has 0 saturated heterocycles. The molecule has 1 nitrogen and oxygen atoms in total. The molecular formula is C27H43NS. The Morgan fingerprint density at radius 3 is 2.34 bits per heavy atom.